The zero-order valence-electron chi connectivity index (χ0n) is 13.7. The van der Waals surface area contributed by atoms with Crippen molar-refractivity contribution < 1.29 is 9.53 Å². The van der Waals surface area contributed by atoms with Gasteiger partial charge in [-0.15, -0.1) is 0 Å². The van der Waals surface area contributed by atoms with Gasteiger partial charge in [-0.05, 0) is 42.7 Å². The summed E-state index contributed by atoms with van der Waals surface area (Å²) in [5.41, 5.74) is 3.26. The van der Waals surface area contributed by atoms with E-state index >= 15 is 0 Å². The maximum Gasteiger partial charge on any atom is 0.193 e. The fourth-order valence-electron chi connectivity index (χ4n) is 2.21. The molecule has 0 spiro atoms. The van der Waals surface area contributed by atoms with Crippen LogP contribution < -0.4 is 4.74 Å². The minimum atomic E-state index is 0.122. The third kappa shape index (κ3) is 4.76. The van der Waals surface area contributed by atoms with Gasteiger partial charge in [0.1, 0.15) is 12.4 Å². The van der Waals surface area contributed by atoms with Crippen molar-refractivity contribution >= 4 is 28.5 Å². The van der Waals surface area contributed by atoms with E-state index in [1.54, 1.807) is 0 Å². The summed E-state index contributed by atoms with van der Waals surface area (Å²) in [6, 6.07) is 11.8. The van der Waals surface area contributed by atoms with Gasteiger partial charge in [0.05, 0.1) is 0 Å². The normalized spacial score (nSPS) is 10.6. The molecule has 0 aliphatic carbocycles. The van der Waals surface area contributed by atoms with E-state index in [-0.39, 0.29) is 5.12 Å². The Hall–Kier alpha value is -1.45. The largest absolute Gasteiger partial charge is 0.489 e. The average Bonchev–Trinajstić information content (AvgIpc) is 2.55. The van der Waals surface area contributed by atoms with Gasteiger partial charge in [0.15, 0.2) is 5.12 Å². The summed E-state index contributed by atoms with van der Waals surface area (Å²) in [5, 5.41) is 0.749. The Balaban J connectivity index is 2.18. The number of carbonyl (C=O) groups excluding carboxylic acids is 1. The van der Waals surface area contributed by atoms with E-state index in [4.69, 9.17) is 16.3 Å². The van der Waals surface area contributed by atoms with Gasteiger partial charge in [-0.3, -0.25) is 4.79 Å². The molecule has 2 aromatic rings. The van der Waals surface area contributed by atoms with Crippen LogP contribution in [-0.2, 0) is 17.8 Å². The molecule has 0 aliphatic heterocycles. The number of rotatable bonds is 6. The molecule has 0 amide bonds. The van der Waals surface area contributed by atoms with E-state index in [2.05, 4.69) is 19.1 Å². The highest BCUT2D eigenvalue weighted by Gasteiger charge is 2.12. The lowest BCUT2D eigenvalue weighted by Gasteiger charge is -2.14. The summed E-state index contributed by atoms with van der Waals surface area (Å²) in [5.74, 6) is 0.847. The molecule has 2 rings (SSSR count). The van der Waals surface area contributed by atoms with Crippen LogP contribution in [0, 0.1) is 6.92 Å². The Morgan fingerprint density at radius 1 is 1.22 bits per heavy atom. The average molecular weight is 349 g/mol. The number of halogens is 1. The van der Waals surface area contributed by atoms with Gasteiger partial charge in [-0.2, -0.15) is 0 Å². The number of aryl methyl sites for hydroxylation is 2. The quantitative estimate of drug-likeness (QED) is 0.615. The summed E-state index contributed by atoms with van der Waals surface area (Å²) < 4.78 is 5.95. The standard InChI is InChI=1S/C19H21ClO2S/c1-4-14-9-10-17(13(3)11-14)22-12-15-16(20)7-6-8-18(15)23-19(21)5-2/h6-11H,4-5,12H2,1-3H3. The summed E-state index contributed by atoms with van der Waals surface area (Å²) in [6.07, 6.45) is 1.50. The first-order valence-electron chi connectivity index (χ1n) is 7.75. The minimum absolute atomic E-state index is 0.122. The molecule has 2 aromatic carbocycles. The van der Waals surface area contributed by atoms with E-state index < -0.39 is 0 Å². The van der Waals surface area contributed by atoms with Crippen LogP contribution in [0.15, 0.2) is 41.3 Å². The summed E-state index contributed by atoms with van der Waals surface area (Å²) in [7, 11) is 0. The van der Waals surface area contributed by atoms with Gasteiger partial charge in [-0.1, -0.05) is 55.4 Å². The van der Waals surface area contributed by atoms with Crippen LogP contribution in [0.3, 0.4) is 0 Å². The van der Waals surface area contributed by atoms with Crippen molar-refractivity contribution in [2.75, 3.05) is 0 Å². The summed E-state index contributed by atoms with van der Waals surface area (Å²) >= 11 is 7.53. The first-order valence-corrected chi connectivity index (χ1v) is 8.95. The van der Waals surface area contributed by atoms with Crippen LogP contribution >= 0.6 is 23.4 Å². The third-order valence-electron chi connectivity index (χ3n) is 3.61. The van der Waals surface area contributed by atoms with Gasteiger partial charge in [0.25, 0.3) is 0 Å². The van der Waals surface area contributed by atoms with Gasteiger partial charge < -0.3 is 4.74 Å². The zero-order chi connectivity index (χ0) is 16.8. The monoisotopic (exact) mass is 348 g/mol. The van der Waals surface area contributed by atoms with Gasteiger partial charge in [0.2, 0.25) is 0 Å². The Bertz CT molecular complexity index is 698. The predicted molar refractivity (Wildman–Crippen MR) is 97.5 cm³/mol. The molecule has 0 radical (unpaired) electrons. The molecule has 2 nitrogen and oxygen atoms in total. The van der Waals surface area contributed by atoms with Crippen LogP contribution in [0.1, 0.15) is 37.0 Å². The lowest BCUT2D eigenvalue weighted by molar-refractivity contribution is -0.110. The van der Waals surface area contributed by atoms with E-state index in [0.717, 1.165) is 28.2 Å². The highest BCUT2D eigenvalue weighted by atomic mass is 35.5. The van der Waals surface area contributed by atoms with Crippen molar-refractivity contribution in [3.05, 3.63) is 58.1 Å². The highest BCUT2D eigenvalue weighted by molar-refractivity contribution is 8.13. The molecule has 0 N–H and O–H groups in total. The van der Waals surface area contributed by atoms with Crippen molar-refractivity contribution in [2.45, 2.75) is 45.1 Å². The lowest BCUT2D eigenvalue weighted by atomic mass is 10.1. The number of benzene rings is 2. The minimum Gasteiger partial charge on any atom is -0.489 e. The van der Waals surface area contributed by atoms with Gasteiger partial charge >= 0.3 is 0 Å². The number of hydrogen-bond acceptors (Lipinski definition) is 3. The zero-order valence-corrected chi connectivity index (χ0v) is 15.3. The molecule has 0 bridgehead atoms. The lowest BCUT2D eigenvalue weighted by Crippen LogP contribution is -2.01. The Morgan fingerprint density at radius 3 is 2.65 bits per heavy atom. The predicted octanol–water partition coefficient (Wildman–Crippen LogP) is 5.82. The molecule has 0 fully saturated rings. The van der Waals surface area contributed by atoms with Crippen LogP contribution in [0.25, 0.3) is 0 Å². The second kappa shape index (κ2) is 8.42. The SMILES string of the molecule is CCC(=O)Sc1cccc(Cl)c1COc1ccc(CC)cc1C. The molecule has 0 aliphatic rings. The van der Waals surface area contributed by atoms with Crippen LogP contribution in [0.4, 0.5) is 0 Å². The topological polar surface area (TPSA) is 26.3 Å². The molecular formula is C19H21ClO2S. The van der Waals surface area contributed by atoms with E-state index in [9.17, 15) is 4.79 Å². The molecule has 4 heteroatoms. The van der Waals surface area contributed by atoms with E-state index in [1.165, 1.54) is 17.3 Å². The maximum absolute atomic E-state index is 11.7. The number of ether oxygens (including phenoxy) is 1. The van der Waals surface area contributed by atoms with Gasteiger partial charge in [0, 0.05) is 21.9 Å². The first kappa shape index (κ1) is 17.9. The summed E-state index contributed by atoms with van der Waals surface area (Å²) in [4.78, 5) is 12.6. The van der Waals surface area contributed by atoms with Crippen molar-refractivity contribution in [3.8, 4) is 5.75 Å². The molecule has 23 heavy (non-hydrogen) atoms. The van der Waals surface area contributed by atoms with Crippen molar-refractivity contribution in [3.63, 3.8) is 0 Å². The van der Waals surface area contributed by atoms with Crippen molar-refractivity contribution in [2.24, 2.45) is 0 Å². The number of carbonyl (C=O) groups is 1. The number of thioether (sulfide) groups is 1. The highest BCUT2D eigenvalue weighted by Crippen LogP contribution is 2.31. The Labute approximate surface area is 147 Å². The van der Waals surface area contributed by atoms with Gasteiger partial charge in [-0.25, -0.2) is 0 Å². The van der Waals surface area contributed by atoms with Crippen LogP contribution in [-0.4, -0.2) is 5.12 Å². The molecule has 122 valence electrons. The third-order valence-corrected chi connectivity index (χ3v) is 5.08. The molecule has 0 aromatic heterocycles. The van der Waals surface area contributed by atoms with Crippen molar-refractivity contribution in [1.29, 1.82) is 0 Å². The fraction of sp³-hybridized carbons (Fsp3) is 0.316. The Morgan fingerprint density at radius 2 is 2.00 bits per heavy atom. The second-order valence-electron chi connectivity index (χ2n) is 5.29. The Kier molecular flexibility index (Phi) is 6.55. The first-order chi connectivity index (χ1) is 11.0. The van der Waals surface area contributed by atoms with E-state index in [0.29, 0.717) is 18.1 Å². The molecule has 0 unspecified atom stereocenters. The van der Waals surface area contributed by atoms with Crippen molar-refractivity contribution in [1.82, 2.24) is 0 Å². The second-order valence-corrected chi connectivity index (χ2v) is 6.79. The van der Waals surface area contributed by atoms with E-state index in [1.807, 2.05) is 38.1 Å². The fourth-order valence-corrected chi connectivity index (χ4v) is 3.33. The smallest absolute Gasteiger partial charge is 0.193 e. The summed E-state index contributed by atoms with van der Waals surface area (Å²) in [6.45, 7) is 6.38. The molecule has 0 atom stereocenters. The van der Waals surface area contributed by atoms with Crippen LogP contribution in [0.5, 0.6) is 5.75 Å². The molecular weight excluding hydrogens is 328 g/mol. The van der Waals surface area contributed by atoms with Crippen LogP contribution in [0.2, 0.25) is 5.02 Å². The number of hydrogen-bond donors (Lipinski definition) is 0. The maximum atomic E-state index is 11.7. The molecule has 0 saturated heterocycles. The molecule has 0 saturated carbocycles. The molecule has 0 heterocycles.